The lowest BCUT2D eigenvalue weighted by molar-refractivity contribution is -0.142. The molecular formula is C62H121N25O12. The van der Waals surface area contributed by atoms with E-state index in [1.165, 1.54) is 38.5 Å². The van der Waals surface area contributed by atoms with Crippen LogP contribution in [-0.2, 0) is 52.7 Å². The van der Waals surface area contributed by atoms with Crippen molar-refractivity contribution in [1.82, 2.24) is 53.2 Å². The first-order chi connectivity index (χ1) is 47.3. The van der Waals surface area contributed by atoms with Gasteiger partial charge in [-0.1, -0.05) is 71.1 Å². The molecule has 37 nitrogen and oxygen atoms in total. The van der Waals surface area contributed by atoms with Gasteiger partial charge in [0, 0.05) is 32.6 Å². The van der Waals surface area contributed by atoms with Crippen LogP contribution in [-0.4, -0.2) is 202 Å². The predicted octanol–water partition coefficient (Wildman–Crippen LogP) is -4.88. The molecule has 0 unspecified atom stereocenters. The molecule has 0 fully saturated rings. The highest BCUT2D eigenvalue weighted by molar-refractivity contribution is 5.97. The number of unbranched alkanes of at least 4 members (excludes halogenated alkanes) is 13. The summed E-state index contributed by atoms with van der Waals surface area (Å²) in [7, 11) is 0. The average Bonchev–Trinajstić information content (AvgIpc) is 0.900. The Hall–Kier alpha value is -8.87. The number of carbonyl (C=O) groups excluding carboxylic acids is 10. The fraction of sp³-hybridized carbons (Fsp3) is 0.758. The van der Waals surface area contributed by atoms with Crippen molar-refractivity contribution >= 4 is 88.9 Å². The molecule has 0 bridgehead atoms. The maximum absolute atomic E-state index is 14.1. The van der Waals surface area contributed by atoms with E-state index < -0.39 is 121 Å². The number of nitrogens with one attached hydrogen (secondary N) is 10. The number of rotatable bonds is 60. The van der Waals surface area contributed by atoms with E-state index in [2.05, 4.69) is 80.1 Å². The zero-order chi connectivity index (χ0) is 74.2. The number of nitrogens with zero attached hydrogens (tertiary/aromatic N) is 4. The van der Waals surface area contributed by atoms with Crippen molar-refractivity contribution in [3.05, 3.63) is 0 Å². The Morgan fingerprint density at radius 3 is 0.889 bits per heavy atom. The van der Waals surface area contributed by atoms with Crippen LogP contribution in [0.4, 0.5) is 0 Å². The maximum atomic E-state index is 14.1. The average molecular weight is 1410 g/mol. The minimum atomic E-state index is -1.39. The van der Waals surface area contributed by atoms with Gasteiger partial charge in [-0.05, 0) is 135 Å². The highest BCUT2D eigenvalue weighted by Crippen LogP contribution is 2.14. The molecule has 0 heterocycles. The monoisotopic (exact) mass is 1410 g/mol. The van der Waals surface area contributed by atoms with Crippen LogP contribution in [0.25, 0.3) is 0 Å². The Bertz CT molecular complexity index is 2530. The topological polar surface area (TPSA) is 664 Å². The van der Waals surface area contributed by atoms with Gasteiger partial charge in [-0.15, -0.1) is 0 Å². The summed E-state index contributed by atoms with van der Waals surface area (Å²) in [5, 5.41) is 35.4. The summed E-state index contributed by atoms with van der Waals surface area (Å²) in [6.07, 6.45) is 15.6. The van der Waals surface area contributed by atoms with E-state index in [0.29, 0.717) is 57.9 Å². The molecule has 0 aromatic heterocycles. The van der Waals surface area contributed by atoms with E-state index in [0.717, 1.165) is 25.7 Å². The third-order valence-electron chi connectivity index (χ3n) is 15.4. The van der Waals surface area contributed by atoms with Crippen molar-refractivity contribution in [2.24, 2.45) is 83.0 Å². The second-order valence-electron chi connectivity index (χ2n) is 24.1. The Kier molecular flexibility index (Phi) is 52.0. The fourth-order valence-electron chi connectivity index (χ4n) is 9.98. The highest BCUT2D eigenvalue weighted by atomic mass is 16.4. The van der Waals surface area contributed by atoms with Crippen molar-refractivity contribution in [1.29, 1.82) is 0 Å². The molecule has 10 amide bonds. The van der Waals surface area contributed by atoms with E-state index in [-0.39, 0.29) is 140 Å². The van der Waals surface area contributed by atoms with E-state index >= 15 is 0 Å². The molecule has 99 heavy (non-hydrogen) atoms. The smallest absolute Gasteiger partial charge is 0.326 e. The summed E-state index contributed by atoms with van der Waals surface area (Å²) in [6, 6.07) is -8.97. The second-order valence-corrected chi connectivity index (χ2v) is 24.1. The highest BCUT2D eigenvalue weighted by Gasteiger charge is 2.33. The van der Waals surface area contributed by atoms with Crippen molar-refractivity contribution in [3.63, 3.8) is 0 Å². The van der Waals surface area contributed by atoms with Crippen LogP contribution in [0.5, 0.6) is 0 Å². The minimum Gasteiger partial charge on any atom is -0.480 e. The third-order valence-corrected chi connectivity index (χ3v) is 15.4. The second kappa shape index (κ2) is 57.1. The molecule has 37 heteroatoms. The number of guanidine groups is 4. The number of carboxylic acid groups (broad SMARTS) is 1. The minimum absolute atomic E-state index is 0.0139. The molecule has 0 spiro atoms. The van der Waals surface area contributed by atoms with Crippen LogP contribution in [0.1, 0.15) is 193 Å². The molecular weight excluding hydrogens is 1290 g/mol. The van der Waals surface area contributed by atoms with Crippen LogP contribution < -0.4 is 116 Å². The molecule has 7 atom stereocenters. The van der Waals surface area contributed by atoms with Crippen molar-refractivity contribution in [2.45, 2.75) is 235 Å². The molecule has 0 aliphatic rings. The zero-order valence-electron chi connectivity index (χ0n) is 58.2. The number of hydrogen-bond acceptors (Lipinski definition) is 18. The van der Waals surface area contributed by atoms with Gasteiger partial charge >= 0.3 is 5.97 Å². The molecule has 0 radical (unpaired) electrons. The first kappa shape index (κ1) is 90.1. The molecule has 0 aliphatic carbocycles. The molecule has 0 saturated heterocycles. The van der Waals surface area contributed by atoms with Gasteiger partial charge in [0.2, 0.25) is 59.1 Å². The Morgan fingerprint density at radius 1 is 0.293 bits per heavy atom. The quantitative estimate of drug-likeness (QED) is 0.0154. The summed E-state index contributed by atoms with van der Waals surface area (Å²) in [5.41, 5.74) is 61.0. The van der Waals surface area contributed by atoms with Crippen LogP contribution in [0, 0.1) is 0 Å². The number of carbonyl (C=O) groups is 11. The summed E-state index contributed by atoms with van der Waals surface area (Å²) in [4.78, 5) is 164. The summed E-state index contributed by atoms with van der Waals surface area (Å²) < 4.78 is 0. The number of aliphatic carboxylic acids is 1. The number of aliphatic imine (C=N–C) groups is 4. The number of hydrogen-bond donors (Lipinski definition) is 22. The Morgan fingerprint density at radius 2 is 0.556 bits per heavy atom. The summed E-state index contributed by atoms with van der Waals surface area (Å²) in [5.74, 6) is -9.86. The van der Waals surface area contributed by atoms with E-state index in [1.54, 1.807) is 0 Å². The SMILES string of the molecule is CCCCCCCCCCCCCC(=O)N[C@@H](CCCN=C(N)N)C(=O)NCC(=O)N[C@@H](CCCN=C(N)N)C(=O)N[C@@H](CCCCN)C(=O)NCC(=O)NCC(=O)N[C@@H](CCCN=C(N)N)C(=O)N[C@@H](CCCN=C(N)N)C(=O)N[C@@H](CCCCN)C(=O)N[C@@H](CCCCN)C(=O)O. The molecule has 0 aliphatic heterocycles. The van der Waals surface area contributed by atoms with Gasteiger partial charge in [0.1, 0.15) is 42.3 Å². The van der Waals surface area contributed by atoms with E-state index in [1.807, 2.05) is 0 Å². The van der Waals surface area contributed by atoms with Crippen LogP contribution in [0.15, 0.2) is 20.0 Å². The molecule has 566 valence electrons. The van der Waals surface area contributed by atoms with Gasteiger partial charge in [0.05, 0.1) is 19.6 Å². The normalized spacial score (nSPS) is 12.9. The standard InChI is InChI=1S/C62H121N25O12/c1-2-3-4-5-6-7-8-9-10-11-12-30-48(88)81-41(26-19-34-74-59(66)67)52(92)80-40-51(91)83-43(27-20-35-75-60(68)69)54(94)84-42(23-13-16-31-63)53(93)79-38-49(89)78-39-50(90)82-44(28-21-36-76-61(70)71)55(95)86-46(29-22-37-77-62(72)73)56(96)85-45(24-14-17-32-64)57(97)87-47(58(98)99)25-15-18-33-65/h41-47H,2-40,63-65H2,1H3,(H,78,89)(H,79,93)(H,80,92)(H,81,88)(H,82,90)(H,83,91)(H,84,94)(H,85,96)(H,86,95)(H,87,97)(H,98,99)(H4,66,67,74)(H4,68,69,75)(H4,70,71,76)(H4,72,73,77)/t41-,42-,43-,44-,45-,46-,47-/m0/s1. The first-order valence-corrected chi connectivity index (χ1v) is 34.7. The van der Waals surface area contributed by atoms with Crippen LogP contribution in [0.3, 0.4) is 0 Å². The Balaban J connectivity index is 6.32. The molecule has 0 saturated carbocycles. The van der Waals surface area contributed by atoms with E-state index in [9.17, 15) is 57.8 Å². The van der Waals surface area contributed by atoms with Crippen molar-refractivity contribution in [2.75, 3.05) is 65.4 Å². The lowest BCUT2D eigenvalue weighted by Crippen LogP contribution is -2.58. The number of amides is 10. The third kappa shape index (κ3) is 48.5. The Labute approximate surface area is 581 Å². The van der Waals surface area contributed by atoms with Gasteiger partial charge in [0.25, 0.3) is 0 Å². The van der Waals surface area contributed by atoms with Crippen LogP contribution >= 0.6 is 0 Å². The molecule has 33 N–H and O–H groups in total. The lowest BCUT2D eigenvalue weighted by Gasteiger charge is -2.26. The van der Waals surface area contributed by atoms with Crippen molar-refractivity contribution < 1.29 is 57.8 Å². The molecule has 0 rings (SSSR count). The summed E-state index contributed by atoms with van der Waals surface area (Å²) >= 11 is 0. The lowest BCUT2D eigenvalue weighted by atomic mass is 10.0. The van der Waals surface area contributed by atoms with Gasteiger partial charge in [-0.2, -0.15) is 0 Å². The fourth-order valence-corrected chi connectivity index (χ4v) is 9.98. The zero-order valence-corrected chi connectivity index (χ0v) is 58.2. The van der Waals surface area contributed by atoms with E-state index in [4.69, 9.17) is 63.1 Å². The number of carboxylic acids is 1. The largest absolute Gasteiger partial charge is 0.480 e. The predicted molar refractivity (Wildman–Crippen MR) is 380 cm³/mol. The van der Waals surface area contributed by atoms with Crippen LogP contribution in [0.2, 0.25) is 0 Å². The van der Waals surface area contributed by atoms with Gasteiger partial charge in [-0.25, -0.2) is 4.79 Å². The molecule has 0 aromatic rings. The maximum Gasteiger partial charge on any atom is 0.326 e. The number of nitrogens with two attached hydrogens (primary N) is 11. The first-order valence-electron chi connectivity index (χ1n) is 34.7. The summed E-state index contributed by atoms with van der Waals surface area (Å²) in [6.45, 7) is 1.21. The van der Waals surface area contributed by atoms with Crippen molar-refractivity contribution in [3.8, 4) is 0 Å². The van der Waals surface area contributed by atoms with Gasteiger partial charge in [0.15, 0.2) is 23.8 Å². The van der Waals surface area contributed by atoms with Gasteiger partial charge < -0.3 is 121 Å². The van der Waals surface area contributed by atoms with Gasteiger partial charge in [-0.3, -0.25) is 67.9 Å². The molecule has 0 aromatic carbocycles.